The molecular weight excluding hydrogens is 176 g/mol. The summed E-state index contributed by atoms with van der Waals surface area (Å²) < 4.78 is 6.01. The maximum atomic E-state index is 6.01. The average Bonchev–Trinajstić information content (AvgIpc) is 1.96. The summed E-state index contributed by atoms with van der Waals surface area (Å²) in [7, 11) is -1.48. The third-order valence-electron chi connectivity index (χ3n) is 2.91. The van der Waals surface area contributed by atoms with Crippen LogP contribution in [0.3, 0.4) is 0 Å². The summed E-state index contributed by atoms with van der Waals surface area (Å²) in [5, 5.41) is 0.345. The fourth-order valence-electron chi connectivity index (χ4n) is 0.823. The molecule has 2 heteroatoms. The quantitative estimate of drug-likeness (QED) is 0.482. The van der Waals surface area contributed by atoms with Crippen LogP contribution >= 0.6 is 0 Å². The highest BCUT2D eigenvalue weighted by atomic mass is 28.4. The van der Waals surface area contributed by atoms with Gasteiger partial charge < -0.3 is 4.43 Å². The molecule has 0 rings (SSSR count). The molecule has 0 aliphatic carbocycles. The SMILES string of the molecule is [CH2]CCCCO[Si](C)(C)C(C)(C)C. The van der Waals surface area contributed by atoms with Crippen LogP contribution in [0.2, 0.25) is 18.1 Å². The Kier molecular flexibility index (Phi) is 5.23. The molecule has 0 N–H and O–H groups in total. The predicted molar refractivity (Wildman–Crippen MR) is 62.4 cm³/mol. The number of hydrogen-bond donors (Lipinski definition) is 0. The first-order valence-electron chi connectivity index (χ1n) is 5.24. The Morgan fingerprint density at radius 1 is 1.15 bits per heavy atom. The molecule has 0 aromatic rings. The molecule has 79 valence electrons. The summed E-state index contributed by atoms with van der Waals surface area (Å²) in [5.74, 6) is 0. The van der Waals surface area contributed by atoms with Crippen molar-refractivity contribution >= 4 is 8.32 Å². The highest BCUT2D eigenvalue weighted by molar-refractivity contribution is 6.74. The van der Waals surface area contributed by atoms with E-state index in [0.29, 0.717) is 5.04 Å². The molecule has 0 aromatic carbocycles. The van der Waals surface area contributed by atoms with E-state index >= 15 is 0 Å². The molecule has 0 aliphatic rings. The molecule has 0 saturated carbocycles. The molecule has 0 amide bonds. The molecule has 0 bridgehead atoms. The Bertz CT molecular complexity index is 136. The Balaban J connectivity index is 3.77. The van der Waals surface area contributed by atoms with Gasteiger partial charge in [0.25, 0.3) is 0 Å². The lowest BCUT2D eigenvalue weighted by Crippen LogP contribution is -2.40. The maximum absolute atomic E-state index is 6.01. The molecule has 0 saturated heterocycles. The van der Waals surface area contributed by atoms with Gasteiger partial charge in [-0.2, -0.15) is 0 Å². The summed E-state index contributed by atoms with van der Waals surface area (Å²) in [4.78, 5) is 0. The van der Waals surface area contributed by atoms with Crippen LogP contribution in [-0.2, 0) is 4.43 Å². The van der Waals surface area contributed by atoms with Crippen molar-refractivity contribution in [1.29, 1.82) is 0 Å². The van der Waals surface area contributed by atoms with Crippen LogP contribution in [0.25, 0.3) is 0 Å². The van der Waals surface area contributed by atoms with Gasteiger partial charge in [-0.1, -0.05) is 40.5 Å². The van der Waals surface area contributed by atoms with Gasteiger partial charge in [0.2, 0.25) is 0 Å². The lowest BCUT2D eigenvalue weighted by atomic mass is 10.2. The zero-order valence-corrected chi connectivity index (χ0v) is 10.9. The molecule has 0 heterocycles. The fourth-order valence-corrected chi connectivity index (χ4v) is 1.91. The van der Waals surface area contributed by atoms with Crippen LogP contribution in [0, 0.1) is 6.92 Å². The number of hydrogen-bond acceptors (Lipinski definition) is 1. The van der Waals surface area contributed by atoms with E-state index in [1.54, 1.807) is 0 Å². The summed E-state index contributed by atoms with van der Waals surface area (Å²) in [6.45, 7) is 16.2. The Labute approximate surface area is 85.0 Å². The van der Waals surface area contributed by atoms with E-state index in [0.717, 1.165) is 19.4 Å². The third-order valence-corrected chi connectivity index (χ3v) is 7.45. The van der Waals surface area contributed by atoms with Crippen molar-refractivity contribution in [3.8, 4) is 0 Å². The van der Waals surface area contributed by atoms with E-state index in [2.05, 4.69) is 40.8 Å². The van der Waals surface area contributed by atoms with E-state index in [-0.39, 0.29) is 0 Å². The van der Waals surface area contributed by atoms with E-state index in [9.17, 15) is 0 Å². The van der Waals surface area contributed by atoms with Crippen molar-refractivity contribution in [2.24, 2.45) is 0 Å². The average molecular weight is 201 g/mol. The molecule has 13 heavy (non-hydrogen) atoms. The van der Waals surface area contributed by atoms with Crippen molar-refractivity contribution < 1.29 is 4.43 Å². The number of rotatable bonds is 5. The van der Waals surface area contributed by atoms with Crippen molar-refractivity contribution in [1.82, 2.24) is 0 Å². The van der Waals surface area contributed by atoms with Gasteiger partial charge in [-0.25, -0.2) is 0 Å². The normalized spacial score (nSPS) is 13.4. The minimum atomic E-state index is -1.48. The molecule has 1 radical (unpaired) electrons. The van der Waals surface area contributed by atoms with Crippen molar-refractivity contribution in [2.45, 2.75) is 58.2 Å². The number of unbranched alkanes of at least 4 members (excludes halogenated alkanes) is 2. The lowest BCUT2D eigenvalue weighted by Gasteiger charge is -2.36. The van der Waals surface area contributed by atoms with Crippen molar-refractivity contribution in [2.75, 3.05) is 6.61 Å². The third kappa shape index (κ3) is 4.82. The molecule has 0 aliphatic heterocycles. The Morgan fingerprint density at radius 2 is 1.69 bits per heavy atom. The van der Waals surface area contributed by atoms with Gasteiger partial charge in [-0.05, 0) is 24.6 Å². The summed E-state index contributed by atoms with van der Waals surface area (Å²) in [5.41, 5.74) is 0. The zero-order valence-electron chi connectivity index (χ0n) is 9.94. The van der Waals surface area contributed by atoms with Gasteiger partial charge in [0.1, 0.15) is 0 Å². The van der Waals surface area contributed by atoms with Crippen molar-refractivity contribution in [3.63, 3.8) is 0 Å². The van der Waals surface area contributed by atoms with Crippen LogP contribution in [0.15, 0.2) is 0 Å². The largest absolute Gasteiger partial charge is 0.417 e. The standard InChI is InChI=1S/C11H25OSi/c1-7-8-9-10-12-13(5,6)11(2,3)4/h1,7-10H2,2-6H3. The predicted octanol–water partition coefficient (Wildman–Crippen LogP) is 4.01. The zero-order chi connectivity index (χ0) is 10.5. The van der Waals surface area contributed by atoms with E-state index in [1.165, 1.54) is 6.42 Å². The van der Waals surface area contributed by atoms with E-state index in [1.807, 2.05) is 0 Å². The second kappa shape index (κ2) is 5.16. The highest BCUT2D eigenvalue weighted by Gasteiger charge is 2.36. The van der Waals surface area contributed by atoms with Gasteiger partial charge in [-0.15, -0.1) is 0 Å². The van der Waals surface area contributed by atoms with Crippen molar-refractivity contribution in [3.05, 3.63) is 6.92 Å². The van der Waals surface area contributed by atoms with Gasteiger partial charge in [0.05, 0.1) is 0 Å². The molecule has 0 fully saturated rings. The highest BCUT2D eigenvalue weighted by Crippen LogP contribution is 2.36. The molecule has 0 spiro atoms. The molecule has 0 unspecified atom stereocenters. The minimum absolute atomic E-state index is 0.345. The van der Waals surface area contributed by atoms with Crippen LogP contribution in [0.4, 0.5) is 0 Å². The minimum Gasteiger partial charge on any atom is -0.417 e. The van der Waals surface area contributed by atoms with Gasteiger partial charge >= 0.3 is 0 Å². The topological polar surface area (TPSA) is 9.23 Å². The lowest BCUT2D eigenvalue weighted by molar-refractivity contribution is 0.279. The van der Waals surface area contributed by atoms with Crippen LogP contribution in [0.1, 0.15) is 40.0 Å². The van der Waals surface area contributed by atoms with E-state index in [4.69, 9.17) is 4.43 Å². The fraction of sp³-hybridized carbons (Fsp3) is 0.909. The van der Waals surface area contributed by atoms with E-state index < -0.39 is 8.32 Å². The second-order valence-electron chi connectivity index (χ2n) is 5.17. The molecular formula is C11H25OSi. The van der Waals surface area contributed by atoms with Crippen LogP contribution in [0.5, 0.6) is 0 Å². The summed E-state index contributed by atoms with van der Waals surface area (Å²) >= 11 is 0. The Morgan fingerprint density at radius 3 is 2.08 bits per heavy atom. The van der Waals surface area contributed by atoms with Gasteiger partial charge in [-0.3, -0.25) is 0 Å². The first kappa shape index (κ1) is 13.2. The Hall–Kier alpha value is 0.177. The van der Waals surface area contributed by atoms with Crippen LogP contribution in [-0.4, -0.2) is 14.9 Å². The second-order valence-corrected chi connectivity index (χ2v) is 9.98. The molecule has 0 atom stereocenters. The first-order valence-corrected chi connectivity index (χ1v) is 8.15. The summed E-state index contributed by atoms with van der Waals surface area (Å²) in [6.07, 6.45) is 3.38. The molecule has 1 nitrogen and oxygen atoms in total. The smallest absolute Gasteiger partial charge is 0.191 e. The van der Waals surface area contributed by atoms with Crippen LogP contribution < -0.4 is 0 Å². The molecule has 0 aromatic heterocycles. The summed E-state index contributed by atoms with van der Waals surface area (Å²) in [6, 6.07) is 0. The maximum Gasteiger partial charge on any atom is 0.191 e. The monoisotopic (exact) mass is 201 g/mol. The first-order chi connectivity index (χ1) is 5.81. The van der Waals surface area contributed by atoms with Gasteiger partial charge in [0, 0.05) is 6.61 Å². The van der Waals surface area contributed by atoms with Gasteiger partial charge in [0.15, 0.2) is 8.32 Å².